The highest BCUT2D eigenvalue weighted by atomic mass is 32.1. The molecule has 0 bridgehead atoms. The van der Waals surface area contributed by atoms with E-state index in [1.807, 2.05) is 30.3 Å². The number of hydrogen-bond acceptors (Lipinski definition) is 5. The van der Waals surface area contributed by atoms with Gasteiger partial charge in [0.05, 0.1) is 12.5 Å². The Kier molecular flexibility index (Phi) is 5.38. The van der Waals surface area contributed by atoms with E-state index in [9.17, 15) is 9.59 Å². The summed E-state index contributed by atoms with van der Waals surface area (Å²) in [5.41, 5.74) is 3.06. The third-order valence-corrected chi connectivity index (χ3v) is 2.58. The molecule has 3 amide bonds. The van der Waals surface area contributed by atoms with Gasteiger partial charge in [-0.3, -0.25) is 15.4 Å². The molecule has 0 atom stereocenters. The van der Waals surface area contributed by atoms with E-state index in [2.05, 4.69) is 21.2 Å². The lowest BCUT2D eigenvalue weighted by Crippen LogP contribution is -2.45. The molecule has 0 aliphatic heterocycles. The first-order chi connectivity index (χ1) is 10.6. The van der Waals surface area contributed by atoms with Gasteiger partial charge in [0.25, 0.3) is 5.91 Å². The number of carbonyl (C=O) groups excluding carboxylic acids is 2. The molecule has 1 heterocycles. The smallest absolute Gasteiger partial charge is 0.341 e. The highest BCUT2D eigenvalue weighted by Crippen LogP contribution is 1.98. The van der Waals surface area contributed by atoms with E-state index in [-0.39, 0.29) is 10.9 Å². The molecule has 8 heteroatoms. The molecule has 0 fully saturated rings. The summed E-state index contributed by atoms with van der Waals surface area (Å²) in [6, 6.07) is 11.6. The topological polar surface area (TPSA) is 95.7 Å². The van der Waals surface area contributed by atoms with E-state index in [1.165, 1.54) is 18.5 Å². The monoisotopic (exact) mass is 316 g/mol. The molecule has 0 saturated carbocycles. The fourth-order valence-corrected chi connectivity index (χ4v) is 1.62. The minimum Gasteiger partial charge on any atom is -0.459 e. The second-order valence-electron chi connectivity index (χ2n) is 4.00. The van der Waals surface area contributed by atoms with Crippen molar-refractivity contribution < 1.29 is 14.0 Å². The Morgan fingerprint density at radius 2 is 1.86 bits per heavy atom. The minimum absolute atomic E-state index is 0.0895. The van der Waals surface area contributed by atoms with Crippen LogP contribution in [0.2, 0.25) is 0 Å². The maximum absolute atomic E-state index is 11.6. The molecule has 2 aromatic rings. The van der Waals surface area contributed by atoms with E-state index in [4.69, 9.17) is 16.6 Å². The third-order valence-electron chi connectivity index (χ3n) is 2.38. The second-order valence-corrected chi connectivity index (χ2v) is 4.40. The van der Waals surface area contributed by atoms with E-state index in [0.29, 0.717) is 0 Å². The molecule has 7 nitrogen and oxygen atoms in total. The van der Waals surface area contributed by atoms with Crippen molar-refractivity contribution in [3.8, 4) is 0 Å². The highest BCUT2D eigenvalue weighted by molar-refractivity contribution is 7.80. The average molecular weight is 316 g/mol. The van der Waals surface area contributed by atoms with E-state index >= 15 is 0 Å². The molecule has 112 valence electrons. The van der Waals surface area contributed by atoms with Crippen LogP contribution in [0.4, 0.5) is 4.79 Å². The Labute approximate surface area is 131 Å². The SMILES string of the molecule is O=C(NN=Cc1ccccc1)NC(=S)NC(=O)c1ccco1. The number of urea groups is 1. The van der Waals surface area contributed by atoms with Gasteiger partial charge in [-0.1, -0.05) is 30.3 Å². The summed E-state index contributed by atoms with van der Waals surface area (Å²) in [6.45, 7) is 0. The summed E-state index contributed by atoms with van der Waals surface area (Å²) < 4.78 is 4.89. The van der Waals surface area contributed by atoms with Gasteiger partial charge in [-0.15, -0.1) is 0 Å². The number of hydrazone groups is 1. The van der Waals surface area contributed by atoms with E-state index < -0.39 is 11.9 Å². The zero-order chi connectivity index (χ0) is 15.8. The minimum atomic E-state index is -0.670. The second kappa shape index (κ2) is 7.70. The van der Waals surface area contributed by atoms with Gasteiger partial charge < -0.3 is 4.42 Å². The van der Waals surface area contributed by atoms with Crippen LogP contribution in [0.25, 0.3) is 0 Å². The van der Waals surface area contributed by atoms with Crippen LogP contribution in [0, 0.1) is 0 Å². The predicted octanol–water partition coefficient (Wildman–Crippen LogP) is 1.63. The van der Waals surface area contributed by atoms with Crippen LogP contribution < -0.4 is 16.1 Å². The van der Waals surface area contributed by atoms with Crippen molar-refractivity contribution in [1.29, 1.82) is 0 Å². The lowest BCUT2D eigenvalue weighted by atomic mass is 10.2. The molecular formula is C14H12N4O3S. The zero-order valence-electron chi connectivity index (χ0n) is 11.3. The maximum Gasteiger partial charge on any atom is 0.341 e. The lowest BCUT2D eigenvalue weighted by molar-refractivity contribution is 0.0950. The van der Waals surface area contributed by atoms with Crippen LogP contribution in [-0.2, 0) is 0 Å². The Hall–Kier alpha value is -3.00. The van der Waals surface area contributed by atoms with Crippen LogP contribution >= 0.6 is 12.2 Å². The molecule has 2 rings (SSSR count). The lowest BCUT2D eigenvalue weighted by Gasteiger charge is -2.06. The number of hydrogen-bond donors (Lipinski definition) is 3. The molecule has 22 heavy (non-hydrogen) atoms. The van der Waals surface area contributed by atoms with E-state index in [1.54, 1.807) is 6.07 Å². The summed E-state index contributed by atoms with van der Waals surface area (Å²) in [4.78, 5) is 23.1. The molecule has 1 aromatic heterocycles. The van der Waals surface area contributed by atoms with Crippen LogP contribution in [0.15, 0.2) is 58.2 Å². The molecule has 0 radical (unpaired) electrons. The van der Waals surface area contributed by atoms with Crippen LogP contribution in [-0.4, -0.2) is 23.3 Å². The van der Waals surface area contributed by atoms with Crippen molar-refractivity contribution in [3.05, 3.63) is 60.1 Å². The van der Waals surface area contributed by atoms with Gasteiger partial charge in [0.2, 0.25) is 0 Å². The Morgan fingerprint density at radius 3 is 2.55 bits per heavy atom. The maximum atomic E-state index is 11.6. The average Bonchev–Trinajstić information content (AvgIpc) is 3.02. The van der Waals surface area contributed by atoms with Crippen LogP contribution in [0.5, 0.6) is 0 Å². The molecule has 0 saturated heterocycles. The molecule has 0 aliphatic rings. The first-order valence-electron chi connectivity index (χ1n) is 6.19. The summed E-state index contributed by atoms with van der Waals surface area (Å²) in [5, 5.41) is 8.14. The van der Waals surface area contributed by atoms with Crippen molar-refractivity contribution in [2.24, 2.45) is 5.10 Å². The van der Waals surface area contributed by atoms with Gasteiger partial charge in [0.1, 0.15) is 0 Å². The third kappa shape index (κ3) is 4.84. The summed E-state index contributed by atoms with van der Waals surface area (Å²) >= 11 is 4.83. The van der Waals surface area contributed by atoms with Crippen molar-refractivity contribution in [2.45, 2.75) is 0 Å². The zero-order valence-corrected chi connectivity index (χ0v) is 12.1. The number of furan rings is 1. The van der Waals surface area contributed by atoms with Crippen molar-refractivity contribution in [1.82, 2.24) is 16.1 Å². The summed E-state index contributed by atoms with van der Waals surface area (Å²) in [5.74, 6) is -0.463. The molecule has 3 N–H and O–H groups in total. The summed E-state index contributed by atoms with van der Waals surface area (Å²) in [6.07, 6.45) is 2.83. The van der Waals surface area contributed by atoms with Crippen LogP contribution in [0.1, 0.15) is 16.1 Å². The van der Waals surface area contributed by atoms with Crippen LogP contribution in [0.3, 0.4) is 0 Å². The fourth-order valence-electron chi connectivity index (χ4n) is 1.44. The number of benzene rings is 1. The fraction of sp³-hybridized carbons (Fsp3) is 0. The molecule has 1 aromatic carbocycles. The molecule has 0 unspecified atom stereocenters. The number of carbonyl (C=O) groups is 2. The van der Waals surface area contributed by atoms with Gasteiger partial charge in [0, 0.05) is 0 Å². The largest absolute Gasteiger partial charge is 0.459 e. The van der Waals surface area contributed by atoms with Gasteiger partial charge in [0.15, 0.2) is 10.9 Å². The first-order valence-corrected chi connectivity index (χ1v) is 6.60. The number of thiocarbonyl (C=S) groups is 1. The number of rotatable bonds is 3. The van der Waals surface area contributed by atoms with Gasteiger partial charge in [-0.25, -0.2) is 10.2 Å². The first kappa shape index (κ1) is 15.4. The van der Waals surface area contributed by atoms with Crippen molar-refractivity contribution in [2.75, 3.05) is 0 Å². The van der Waals surface area contributed by atoms with Crippen molar-refractivity contribution >= 4 is 35.5 Å². The van der Waals surface area contributed by atoms with Gasteiger partial charge in [-0.2, -0.15) is 5.10 Å². The highest BCUT2D eigenvalue weighted by Gasteiger charge is 2.11. The Balaban J connectivity index is 1.76. The number of amides is 3. The van der Waals surface area contributed by atoms with Gasteiger partial charge >= 0.3 is 6.03 Å². The van der Waals surface area contributed by atoms with E-state index in [0.717, 1.165) is 5.56 Å². The van der Waals surface area contributed by atoms with Crippen molar-refractivity contribution in [3.63, 3.8) is 0 Å². The molecular weight excluding hydrogens is 304 g/mol. The summed E-state index contributed by atoms with van der Waals surface area (Å²) in [7, 11) is 0. The quantitative estimate of drug-likeness (QED) is 0.455. The molecule has 0 spiro atoms. The van der Waals surface area contributed by atoms with Gasteiger partial charge in [-0.05, 0) is 29.9 Å². The molecule has 0 aliphatic carbocycles. The predicted molar refractivity (Wildman–Crippen MR) is 84.5 cm³/mol. The number of nitrogens with one attached hydrogen (secondary N) is 3. The number of nitrogens with zero attached hydrogens (tertiary/aromatic N) is 1. The Morgan fingerprint density at radius 1 is 1.09 bits per heavy atom. The standard InChI is InChI=1S/C14H12N4O3S/c19-12(11-7-4-8-21-11)16-14(22)17-13(20)18-15-9-10-5-2-1-3-6-10/h1-9H,(H3,16,17,18,19,20,22). The Bertz CT molecular complexity index is 683. The normalized spacial score (nSPS) is 10.2.